The molecule has 0 radical (unpaired) electrons. The minimum absolute atomic E-state index is 0.0659. The van der Waals surface area contributed by atoms with Gasteiger partial charge in [-0.1, -0.05) is 25.1 Å². The number of benzene rings is 2. The van der Waals surface area contributed by atoms with Gasteiger partial charge in [-0.25, -0.2) is 22.9 Å². The van der Waals surface area contributed by atoms with E-state index in [4.69, 9.17) is 0 Å². The van der Waals surface area contributed by atoms with Gasteiger partial charge in [0.1, 0.15) is 11.9 Å². The third-order valence-electron chi connectivity index (χ3n) is 7.77. The number of carbonyl (C=O) groups is 2. The van der Waals surface area contributed by atoms with Crippen molar-refractivity contribution in [2.45, 2.75) is 50.5 Å². The molecule has 3 aromatic rings. The molecule has 1 saturated heterocycles. The zero-order chi connectivity index (χ0) is 30.3. The summed E-state index contributed by atoms with van der Waals surface area (Å²) in [6, 6.07) is 15.4. The minimum Gasteiger partial charge on any atom is -0.480 e. The Morgan fingerprint density at radius 2 is 1.81 bits per heavy atom. The summed E-state index contributed by atoms with van der Waals surface area (Å²) in [7, 11) is -2.36. The van der Waals surface area contributed by atoms with Crippen molar-refractivity contribution in [1.82, 2.24) is 15.0 Å². The average Bonchev–Trinajstić information content (AvgIpc) is 3.00. The first kappa shape index (κ1) is 31.0. The van der Waals surface area contributed by atoms with E-state index >= 15 is 0 Å². The van der Waals surface area contributed by atoms with E-state index in [0.29, 0.717) is 29.0 Å². The Hall–Kier alpha value is -3.96. The number of sulfonamides is 1. The number of carbonyl (C=O) groups excluding carboxylic acids is 1. The largest absolute Gasteiger partial charge is 0.480 e. The summed E-state index contributed by atoms with van der Waals surface area (Å²) in [5.41, 5.74) is 3.18. The number of aryl methyl sites for hydroxylation is 2. The van der Waals surface area contributed by atoms with Gasteiger partial charge in [0.25, 0.3) is 5.91 Å². The van der Waals surface area contributed by atoms with Crippen LogP contribution in [0.5, 0.6) is 0 Å². The van der Waals surface area contributed by atoms with Crippen molar-refractivity contribution in [3.63, 3.8) is 0 Å². The number of aromatic nitrogens is 1. The first-order valence-electron chi connectivity index (χ1n) is 14.2. The van der Waals surface area contributed by atoms with Crippen LogP contribution in [0.1, 0.15) is 46.8 Å². The zero-order valence-electron chi connectivity index (χ0n) is 24.3. The number of pyridine rings is 1. The van der Waals surface area contributed by atoms with Crippen LogP contribution in [0.25, 0.3) is 0 Å². The average molecular weight is 594 g/mol. The molecule has 224 valence electrons. The second-order valence-corrected chi connectivity index (χ2v) is 12.5. The number of amides is 1. The third-order valence-corrected chi connectivity index (χ3v) is 9.17. The molecular formula is C31H39N5O5S. The molecule has 0 bridgehead atoms. The molecule has 0 aliphatic carbocycles. The molecule has 10 nitrogen and oxygen atoms in total. The lowest BCUT2D eigenvalue weighted by Gasteiger charge is -2.34. The van der Waals surface area contributed by atoms with Crippen molar-refractivity contribution < 1.29 is 23.1 Å². The van der Waals surface area contributed by atoms with Gasteiger partial charge in [-0.15, -0.1) is 0 Å². The van der Waals surface area contributed by atoms with Crippen molar-refractivity contribution in [3.8, 4) is 0 Å². The van der Waals surface area contributed by atoms with Crippen LogP contribution in [-0.4, -0.2) is 63.1 Å². The SMILES string of the molecule is CCc1cc(S(=O)(=O)NC)cc(C)c1C(=O)NC(Cc1ccc(N2CCC(CNc3ccccn3)CC2)cc1)C(=O)O. The second-order valence-electron chi connectivity index (χ2n) is 10.6. The molecule has 0 saturated carbocycles. The van der Waals surface area contributed by atoms with E-state index in [1.165, 1.54) is 19.2 Å². The molecule has 1 aliphatic rings. The van der Waals surface area contributed by atoms with Crippen molar-refractivity contribution in [1.29, 1.82) is 0 Å². The van der Waals surface area contributed by atoms with Crippen molar-refractivity contribution in [3.05, 3.63) is 83.0 Å². The lowest BCUT2D eigenvalue weighted by Crippen LogP contribution is -2.43. The Balaban J connectivity index is 1.36. The number of carboxylic acid groups (broad SMARTS) is 1. The first-order valence-corrected chi connectivity index (χ1v) is 15.7. The maximum atomic E-state index is 13.2. The highest BCUT2D eigenvalue weighted by molar-refractivity contribution is 7.89. The number of hydrogen-bond donors (Lipinski definition) is 4. The molecular weight excluding hydrogens is 554 g/mol. The van der Waals surface area contributed by atoms with E-state index < -0.39 is 27.9 Å². The van der Waals surface area contributed by atoms with Gasteiger partial charge in [-0.2, -0.15) is 0 Å². The molecule has 4 N–H and O–H groups in total. The monoisotopic (exact) mass is 593 g/mol. The molecule has 0 spiro atoms. The van der Waals surface area contributed by atoms with E-state index in [1.807, 2.05) is 49.4 Å². The number of anilines is 2. The fourth-order valence-electron chi connectivity index (χ4n) is 5.32. The Morgan fingerprint density at radius 1 is 1.10 bits per heavy atom. The van der Waals surface area contributed by atoms with Gasteiger partial charge in [0, 0.05) is 43.5 Å². The maximum absolute atomic E-state index is 13.2. The van der Waals surface area contributed by atoms with E-state index in [9.17, 15) is 23.1 Å². The van der Waals surface area contributed by atoms with Crippen LogP contribution < -0.4 is 20.3 Å². The predicted molar refractivity (Wildman–Crippen MR) is 164 cm³/mol. The van der Waals surface area contributed by atoms with Crippen LogP contribution in [0.3, 0.4) is 0 Å². The molecule has 1 aliphatic heterocycles. The number of nitrogens with one attached hydrogen (secondary N) is 3. The molecule has 1 atom stereocenters. The Labute approximate surface area is 247 Å². The number of carboxylic acids is 1. The topological polar surface area (TPSA) is 141 Å². The van der Waals surface area contributed by atoms with Gasteiger partial charge in [-0.05, 0) is 92.2 Å². The lowest BCUT2D eigenvalue weighted by molar-refractivity contribution is -0.139. The summed E-state index contributed by atoms with van der Waals surface area (Å²) in [5, 5.41) is 16.0. The van der Waals surface area contributed by atoms with Gasteiger partial charge >= 0.3 is 5.97 Å². The van der Waals surface area contributed by atoms with Crippen LogP contribution in [0.4, 0.5) is 11.5 Å². The third kappa shape index (κ3) is 7.65. The number of hydrogen-bond acceptors (Lipinski definition) is 7. The van der Waals surface area contributed by atoms with Crippen LogP contribution in [0.15, 0.2) is 65.7 Å². The van der Waals surface area contributed by atoms with Gasteiger partial charge in [0.15, 0.2) is 0 Å². The Morgan fingerprint density at radius 3 is 2.40 bits per heavy atom. The molecule has 1 fully saturated rings. The predicted octanol–water partition coefficient (Wildman–Crippen LogP) is 3.61. The van der Waals surface area contributed by atoms with E-state index in [2.05, 4.69) is 25.2 Å². The molecule has 2 aromatic carbocycles. The van der Waals surface area contributed by atoms with Crippen LogP contribution in [0, 0.1) is 12.8 Å². The molecule has 11 heteroatoms. The van der Waals surface area contributed by atoms with Gasteiger partial charge in [0.2, 0.25) is 10.0 Å². The van der Waals surface area contributed by atoms with E-state index in [1.54, 1.807) is 13.1 Å². The second kappa shape index (κ2) is 13.8. The molecule has 2 heterocycles. The highest BCUT2D eigenvalue weighted by Crippen LogP contribution is 2.25. The fraction of sp³-hybridized carbons (Fsp3) is 0.387. The highest BCUT2D eigenvalue weighted by Gasteiger charge is 2.25. The quantitative estimate of drug-likeness (QED) is 0.250. The van der Waals surface area contributed by atoms with E-state index in [-0.39, 0.29) is 11.3 Å². The molecule has 1 amide bonds. The standard InChI is InChI=1S/C31H39N5O5S/c1-4-24-19-26(42(40,41)32-3)17-21(2)29(24)30(37)35-27(31(38)39)18-22-8-10-25(11-9-22)36-15-12-23(13-16-36)20-34-28-7-5-6-14-33-28/h5-11,14,17,19,23,27,32H,4,12-13,15-16,18,20H2,1-3H3,(H,33,34)(H,35,37)(H,38,39). The summed E-state index contributed by atoms with van der Waals surface area (Å²) >= 11 is 0. The van der Waals surface area contributed by atoms with E-state index in [0.717, 1.165) is 49.5 Å². The lowest BCUT2D eigenvalue weighted by atomic mass is 9.96. The summed E-state index contributed by atoms with van der Waals surface area (Å²) in [4.78, 5) is 32.1. The van der Waals surface area contributed by atoms with Crippen LogP contribution >= 0.6 is 0 Å². The van der Waals surface area contributed by atoms with Crippen molar-refractivity contribution in [2.75, 3.05) is 36.9 Å². The fourth-order valence-corrected chi connectivity index (χ4v) is 6.19. The molecule has 1 unspecified atom stereocenters. The molecule has 1 aromatic heterocycles. The number of piperidine rings is 1. The van der Waals surface area contributed by atoms with Gasteiger partial charge in [0.05, 0.1) is 4.90 Å². The highest BCUT2D eigenvalue weighted by atomic mass is 32.2. The number of nitrogens with zero attached hydrogens (tertiary/aromatic N) is 2. The smallest absolute Gasteiger partial charge is 0.326 e. The van der Waals surface area contributed by atoms with Gasteiger partial charge < -0.3 is 20.6 Å². The summed E-state index contributed by atoms with van der Waals surface area (Å²) in [6.07, 6.45) is 4.44. The van der Waals surface area contributed by atoms with Crippen LogP contribution in [-0.2, 0) is 27.7 Å². The number of aliphatic carboxylic acids is 1. The molecule has 4 rings (SSSR count). The molecule has 42 heavy (non-hydrogen) atoms. The first-order chi connectivity index (χ1) is 20.1. The Kier molecular flexibility index (Phi) is 10.2. The summed E-state index contributed by atoms with van der Waals surface area (Å²) in [6.45, 7) is 6.24. The van der Waals surface area contributed by atoms with Crippen molar-refractivity contribution in [2.24, 2.45) is 5.92 Å². The summed E-state index contributed by atoms with van der Waals surface area (Å²) in [5.74, 6) is -0.213. The summed E-state index contributed by atoms with van der Waals surface area (Å²) < 4.78 is 26.9. The normalized spacial score (nSPS) is 14.8. The minimum atomic E-state index is -3.69. The zero-order valence-corrected chi connectivity index (χ0v) is 25.1. The Bertz CT molecular complexity index is 1490. The maximum Gasteiger partial charge on any atom is 0.326 e. The van der Waals surface area contributed by atoms with Gasteiger partial charge in [-0.3, -0.25) is 4.79 Å². The van der Waals surface area contributed by atoms with Crippen LogP contribution in [0.2, 0.25) is 0 Å². The number of rotatable bonds is 12. The van der Waals surface area contributed by atoms with Crippen molar-refractivity contribution >= 4 is 33.4 Å².